The number of rotatable bonds is 5. The number of carboxylic acid groups (broad SMARTS) is 1. The average molecular weight is 305 g/mol. The van der Waals surface area contributed by atoms with Crippen molar-refractivity contribution < 1.29 is 14.7 Å². The Kier molecular flexibility index (Phi) is 5.60. The Hall–Kier alpha value is -1.30. The summed E-state index contributed by atoms with van der Waals surface area (Å²) in [5.41, 5.74) is 5.33. The summed E-state index contributed by atoms with van der Waals surface area (Å²) in [5, 5.41) is 11.8. The molecule has 0 bridgehead atoms. The summed E-state index contributed by atoms with van der Waals surface area (Å²) in [7, 11) is 0. The summed E-state index contributed by atoms with van der Waals surface area (Å²) in [6.45, 7) is 2.19. The van der Waals surface area contributed by atoms with Gasteiger partial charge in [-0.2, -0.15) is 0 Å². The van der Waals surface area contributed by atoms with Crippen molar-refractivity contribution in [1.82, 2.24) is 0 Å². The van der Waals surface area contributed by atoms with Gasteiger partial charge in [-0.05, 0) is 24.6 Å². The zero-order valence-electron chi connectivity index (χ0n) is 10.2. The van der Waals surface area contributed by atoms with Crippen LogP contribution in [0.25, 0.3) is 0 Å². The van der Waals surface area contributed by atoms with Crippen LogP contribution in [0.1, 0.15) is 23.7 Å². The number of carbonyl (C=O) groups excluding carboxylic acids is 1. The van der Waals surface area contributed by atoms with Gasteiger partial charge < -0.3 is 16.2 Å². The molecule has 0 heterocycles. The zero-order chi connectivity index (χ0) is 14.6. The monoisotopic (exact) mass is 304 g/mol. The van der Waals surface area contributed by atoms with Crippen LogP contribution in [0.3, 0.4) is 0 Å². The third kappa shape index (κ3) is 4.38. The van der Waals surface area contributed by atoms with Crippen LogP contribution in [0, 0.1) is 5.92 Å². The van der Waals surface area contributed by atoms with Gasteiger partial charge >= 0.3 is 5.97 Å². The Balaban J connectivity index is 3.00. The van der Waals surface area contributed by atoms with Gasteiger partial charge in [-0.3, -0.25) is 4.79 Å². The van der Waals surface area contributed by atoms with Crippen LogP contribution in [-0.2, 0) is 4.79 Å². The third-order valence-corrected chi connectivity index (χ3v) is 3.00. The smallest absolute Gasteiger partial charge is 0.337 e. The lowest BCUT2D eigenvalue weighted by molar-refractivity contribution is -0.116. The standard InChI is InChI=1S/C12H14Cl2N2O3/c1-6(5-15)2-10(17)16-11-8(12(18)19)3-7(13)4-9(11)14/h3-4,6H,2,5,15H2,1H3,(H,16,17)(H,18,19). The lowest BCUT2D eigenvalue weighted by atomic mass is 10.1. The predicted octanol–water partition coefficient (Wildman–Crippen LogP) is 2.62. The topological polar surface area (TPSA) is 92.4 Å². The maximum atomic E-state index is 11.7. The quantitative estimate of drug-likeness (QED) is 0.779. The van der Waals surface area contributed by atoms with Crippen molar-refractivity contribution >= 4 is 40.8 Å². The first-order valence-corrected chi connectivity index (χ1v) is 6.33. The van der Waals surface area contributed by atoms with Crippen molar-refractivity contribution in [2.24, 2.45) is 11.7 Å². The molecule has 1 rings (SSSR count). The van der Waals surface area contributed by atoms with E-state index in [1.54, 1.807) is 0 Å². The molecule has 0 radical (unpaired) electrons. The fourth-order valence-electron chi connectivity index (χ4n) is 1.46. The summed E-state index contributed by atoms with van der Waals surface area (Å²) >= 11 is 11.6. The van der Waals surface area contributed by atoms with Gasteiger partial charge in [-0.15, -0.1) is 0 Å². The number of carbonyl (C=O) groups is 2. The molecule has 1 aromatic carbocycles. The number of nitrogens with two attached hydrogens (primary N) is 1. The minimum absolute atomic E-state index is 0.000598. The molecule has 0 saturated heterocycles. The Labute approximate surface area is 120 Å². The van der Waals surface area contributed by atoms with Crippen LogP contribution in [0.5, 0.6) is 0 Å². The van der Waals surface area contributed by atoms with Gasteiger partial charge in [0.05, 0.1) is 16.3 Å². The SMILES string of the molecule is CC(CN)CC(=O)Nc1c(Cl)cc(Cl)cc1C(=O)O. The molecule has 4 N–H and O–H groups in total. The molecule has 7 heteroatoms. The van der Waals surface area contributed by atoms with Crippen molar-refractivity contribution in [3.8, 4) is 0 Å². The Morgan fingerprint density at radius 3 is 2.58 bits per heavy atom. The molecule has 0 saturated carbocycles. The third-order valence-electron chi connectivity index (χ3n) is 2.49. The maximum Gasteiger partial charge on any atom is 0.337 e. The van der Waals surface area contributed by atoms with Crippen LogP contribution < -0.4 is 11.1 Å². The number of hydrogen-bond donors (Lipinski definition) is 3. The second-order valence-electron chi connectivity index (χ2n) is 4.21. The molecule has 1 atom stereocenters. The van der Waals surface area contributed by atoms with Crippen LogP contribution in [0.2, 0.25) is 10.0 Å². The summed E-state index contributed by atoms with van der Waals surface area (Å²) in [6, 6.07) is 2.61. The highest BCUT2D eigenvalue weighted by atomic mass is 35.5. The number of halogens is 2. The van der Waals surface area contributed by atoms with E-state index in [-0.39, 0.29) is 39.5 Å². The first kappa shape index (κ1) is 15.8. The highest BCUT2D eigenvalue weighted by Crippen LogP contribution is 2.30. The van der Waals surface area contributed by atoms with E-state index in [1.807, 2.05) is 6.92 Å². The molecular formula is C12H14Cl2N2O3. The van der Waals surface area contributed by atoms with Gasteiger partial charge in [-0.1, -0.05) is 30.1 Å². The highest BCUT2D eigenvalue weighted by Gasteiger charge is 2.18. The van der Waals surface area contributed by atoms with Gasteiger partial charge in [0.1, 0.15) is 0 Å². The van der Waals surface area contributed by atoms with E-state index in [2.05, 4.69) is 5.32 Å². The number of amides is 1. The summed E-state index contributed by atoms with van der Waals surface area (Å²) < 4.78 is 0. The fourth-order valence-corrected chi connectivity index (χ4v) is 2.00. The average Bonchev–Trinajstić information content (AvgIpc) is 2.31. The van der Waals surface area contributed by atoms with Gasteiger partial charge in [0.2, 0.25) is 5.91 Å². The van der Waals surface area contributed by atoms with Crippen molar-refractivity contribution in [3.05, 3.63) is 27.7 Å². The molecule has 0 aliphatic rings. The minimum Gasteiger partial charge on any atom is -0.478 e. The van der Waals surface area contributed by atoms with Crippen molar-refractivity contribution in [1.29, 1.82) is 0 Å². The Bertz CT molecular complexity index is 506. The van der Waals surface area contributed by atoms with Crippen LogP contribution in [0.4, 0.5) is 5.69 Å². The molecule has 1 aromatic rings. The molecule has 0 spiro atoms. The largest absolute Gasteiger partial charge is 0.478 e. The molecule has 1 amide bonds. The van der Waals surface area contributed by atoms with E-state index in [0.29, 0.717) is 6.54 Å². The van der Waals surface area contributed by atoms with Crippen molar-refractivity contribution in [2.45, 2.75) is 13.3 Å². The van der Waals surface area contributed by atoms with E-state index in [0.717, 1.165) is 0 Å². The van der Waals surface area contributed by atoms with Gasteiger partial charge in [0, 0.05) is 11.4 Å². The fraction of sp³-hybridized carbons (Fsp3) is 0.333. The van der Waals surface area contributed by atoms with Crippen LogP contribution in [0.15, 0.2) is 12.1 Å². The Morgan fingerprint density at radius 1 is 1.42 bits per heavy atom. The van der Waals surface area contributed by atoms with E-state index in [4.69, 9.17) is 34.0 Å². The second kappa shape index (κ2) is 6.75. The molecule has 5 nitrogen and oxygen atoms in total. The highest BCUT2D eigenvalue weighted by molar-refractivity contribution is 6.37. The normalized spacial score (nSPS) is 12.0. The number of anilines is 1. The zero-order valence-corrected chi connectivity index (χ0v) is 11.8. The minimum atomic E-state index is -1.22. The molecule has 0 aromatic heterocycles. The molecular weight excluding hydrogens is 291 g/mol. The van der Waals surface area contributed by atoms with E-state index in [9.17, 15) is 9.59 Å². The first-order valence-electron chi connectivity index (χ1n) is 5.57. The number of carboxylic acids is 1. The second-order valence-corrected chi connectivity index (χ2v) is 5.05. The van der Waals surface area contributed by atoms with E-state index >= 15 is 0 Å². The lowest BCUT2D eigenvalue weighted by Gasteiger charge is -2.13. The Morgan fingerprint density at radius 2 is 2.05 bits per heavy atom. The van der Waals surface area contributed by atoms with Gasteiger partial charge in [-0.25, -0.2) is 4.79 Å². The van der Waals surface area contributed by atoms with E-state index < -0.39 is 5.97 Å². The lowest BCUT2D eigenvalue weighted by Crippen LogP contribution is -2.21. The summed E-state index contributed by atoms with van der Waals surface area (Å²) in [6.07, 6.45) is 0.189. The van der Waals surface area contributed by atoms with Crippen LogP contribution in [-0.4, -0.2) is 23.5 Å². The number of nitrogens with one attached hydrogen (secondary N) is 1. The molecule has 19 heavy (non-hydrogen) atoms. The van der Waals surface area contributed by atoms with E-state index in [1.165, 1.54) is 12.1 Å². The molecule has 0 aliphatic heterocycles. The maximum absolute atomic E-state index is 11.7. The van der Waals surface area contributed by atoms with Gasteiger partial charge in [0.25, 0.3) is 0 Å². The number of hydrogen-bond acceptors (Lipinski definition) is 3. The summed E-state index contributed by atoms with van der Waals surface area (Å²) in [5.74, 6) is -1.56. The molecule has 104 valence electrons. The number of aromatic carboxylic acids is 1. The first-order chi connectivity index (χ1) is 8.85. The van der Waals surface area contributed by atoms with Crippen molar-refractivity contribution in [2.75, 3.05) is 11.9 Å². The number of benzene rings is 1. The van der Waals surface area contributed by atoms with Gasteiger partial charge in [0.15, 0.2) is 0 Å². The molecule has 0 fully saturated rings. The molecule has 0 aliphatic carbocycles. The summed E-state index contributed by atoms with van der Waals surface area (Å²) in [4.78, 5) is 22.8. The van der Waals surface area contributed by atoms with Crippen LogP contribution >= 0.6 is 23.2 Å². The molecule has 1 unspecified atom stereocenters. The predicted molar refractivity (Wildman–Crippen MR) is 74.9 cm³/mol. The van der Waals surface area contributed by atoms with Crippen molar-refractivity contribution in [3.63, 3.8) is 0 Å².